The van der Waals surface area contributed by atoms with Crippen molar-refractivity contribution < 1.29 is 14.6 Å². The van der Waals surface area contributed by atoms with Crippen molar-refractivity contribution in [3.63, 3.8) is 0 Å². The largest absolute Gasteiger partial charge is 0.436 e. The lowest BCUT2D eigenvalue weighted by molar-refractivity contribution is -0.242. The number of primary amides is 1. The van der Waals surface area contributed by atoms with Crippen LogP contribution in [0.2, 0.25) is 0 Å². The smallest absolute Gasteiger partial charge is 0.333 e. The third-order valence-corrected chi connectivity index (χ3v) is 0.407. The first kappa shape index (κ1) is 9.10. The number of carbonyl (C=O) groups is 1. The quantitative estimate of drug-likeness (QED) is 0.389. The molecule has 0 saturated heterocycles. The minimum Gasteiger partial charge on any atom is -0.333 e. The number of halogens is 3. The monoisotopic (exact) mass is 193 g/mol. The molecule has 0 aliphatic carbocycles. The Morgan fingerprint density at radius 3 is 2.00 bits per heavy atom. The van der Waals surface area contributed by atoms with E-state index in [2.05, 4.69) is 15.5 Å². The van der Waals surface area contributed by atoms with Crippen LogP contribution in [0.4, 0.5) is 4.79 Å². The Kier molecular flexibility index (Phi) is 3.35. The van der Waals surface area contributed by atoms with Gasteiger partial charge in [-0.1, -0.05) is 0 Å². The number of carbonyl (C=O) groups excluding carboxylic acids is 1. The zero-order valence-corrected chi connectivity index (χ0v) is 6.20. The molecule has 0 aliphatic rings. The van der Waals surface area contributed by atoms with Gasteiger partial charge >= 0.3 is 10.1 Å². The molecule has 0 aliphatic heterocycles. The Morgan fingerprint density at radius 1 is 1.44 bits per heavy atom. The summed E-state index contributed by atoms with van der Waals surface area (Å²) in [4.78, 5) is 17.2. The van der Waals surface area contributed by atoms with Gasteiger partial charge in [0.15, 0.2) is 0 Å². The van der Waals surface area contributed by atoms with Crippen LogP contribution in [0.25, 0.3) is 0 Å². The molecule has 54 valence electrons. The molecule has 0 saturated carbocycles. The zero-order chi connectivity index (χ0) is 7.49. The molecule has 0 aromatic carbocycles. The Labute approximate surface area is 65.7 Å². The molecular formula is C2H2Cl3NO3. The first-order chi connectivity index (χ1) is 3.92. The fourth-order valence-electron chi connectivity index (χ4n) is 0.0883. The SMILES string of the molecule is NC(=O)OOC(Cl)(Cl)Cl. The van der Waals surface area contributed by atoms with Crippen molar-refractivity contribution in [2.75, 3.05) is 0 Å². The van der Waals surface area contributed by atoms with Crippen LogP contribution in [-0.4, -0.2) is 10.1 Å². The van der Waals surface area contributed by atoms with Crippen LogP contribution in [0, 0.1) is 0 Å². The molecule has 9 heavy (non-hydrogen) atoms. The molecule has 1 amide bonds. The van der Waals surface area contributed by atoms with Crippen LogP contribution >= 0.6 is 34.8 Å². The zero-order valence-electron chi connectivity index (χ0n) is 3.94. The molecule has 0 atom stereocenters. The van der Waals surface area contributed by atoms with Gasteiger partial charge in [-0.05, 0) is 34.8 Å². The van der Waals surface area contributed by atoms with E-state index in [0.29, 0.717) is 0 Å². The summed E-state index contributed by atoms with van der Waals surface area (Å²) in [7, 11) is 0. The van der Waals surface area contributed by atoms with E-state index in [4.69, 9.17) is 34.8 Å². The Hall–Kier alpha value is 0.1000. The third kappa shape index (κ3) is 8.10. The Bertz CT molecular complexity index is 110. The van der Waals surface area contributed by atoms with E-state index in [0.717, 1.165) is 0 Å². The van der Waals surface area contributed by atoms with Gasteiger partial charge in [-0.25, -0.2) is 4.79 Å². The third-order valence-electron chi connectivity index (χ3n) is 0.218. The van der Waals surface area contributed by atoms with Crippen LogP contribution in [0.3, 0.4) is 0 Å². The van der Waals surface area contributed by atoms with Gasteiger partial charge in [-0.3, -0.25) is 4.89 Å². The minimum absolute atomic E-state index is 1.18. The maximum atomic E-state index is 9.75. The number of amides is 1. The number of rotatable bonds is 1. The highest BCUT2D eigenvalue weighted by atomic mass is 35.6. The van der Waals surface area contributed by atoms with Crippen LogP contribution in [0.1, 0.15) is 0 Å². The second kappa shape index (κ2) is 3.31. The lowest BCUT2D eigenvalue weighted by Gasteiger charge is -2.06. The molecule has 0 heterocycles. The number of hydrogen-bond acceptors (Lipinski definition) is 3. The highest BCUT2D eigenvalue weighted by Crippen LogP contribution is 2.27. The van der Waals surface area contributed by atoms with Crippen molar-refractivity contribution in [3.05, 3.63) is 0 Å². The fraction of sp³-hybridized carbons (Fsp3) is 0.500. The van der Waals surface area contributed by atoms with Crippen molar-refractivity contribution in [1.82, 2.24) is 0 Å². The molecule has 0 rings (SSSR count). The summed E-state index contributed by atoms with van der Waals surface area (Å²) in [5, 5.41) is 0. The average molecular weight is 194 g/mol. The van der Waals surface area contributed by atoms with Gasteiger partial charge in [-0.15, -0.1) is 4.89 Å². The summed E-state index contributed by atoms with van der Waals surface area (Å²) >= 11 is 14.9. The molecule has 0 aromatic rings. The predicted molar refractivity (Wildman–Crippen MR) is 32.0 cm³/mol. The summed E-state index contributed by atoms with van der Waals surface area (Å²) in [6, 6.07) is 0. The van der Waals surface area contributed by atoms with Crippen LogP contribution < -0.4 is 5.73 Å². The maximum Gasteiger partial charge on any atom is 0.436 e. The van der Waals surface area contributed by atoms with E-state index >= 15 is 0 Å². The minimum atomic E-state index is -2.07. The first-order valence-electron chi connectivity index (χ1n) is 1.63. The second-order valence-electron chi connectivity index (χ2n) is 0.931. The highest BCUT2D eigenvalue weighted by Gasteiger charge is 2.23. The molecule has 2 N–H and O–H groups in total. The summed E-state index contributed by atoms with van der Waals surface area (Å²) in [5.74, 6) is 0. The topological polar surface area (TPSA) is 61.6 Å². The van der Waals surface area contributed by atoms with Gasteiger partial charge in [-0.2, -0.15) is 0 Å². The van der Waals surface area contributed by atoms with Gasteiger partial charge in [0, 0.05) is 0 Å². The van der Waals surface area contributed by atoms with Crippen molar-refractivity contribution in [2.45, 2.75) is 3.98 Å². The van der Waals surface area contributed by atoms with Gasteiger partial charge in [0.1, 0.15) is 0 Å². The highest BCUT2D eigenvalue weighted by molar-refractivity contribution is 6.66. The molecule has 4 nitrogen and oxygen atoms in total. The van der Waals surface area contributed by atoms with E-state index in [1.807, 2.05) is 0 Å². The molecule has 0 unspecified atom stereocenters. The summed E-state index contributed by atoms with van der Waals surface area (Å²) in [6.45, 7) is 0. The summed E-state index contributed by atoms with van der Waals surface area (Å²) in [5.41, 5.74) is 4.44. The predicted octanol–water partition coefficient (Wildman–Crippen LogP) is 1.34. The van der Waals surface area contributed by atoms with Crippen LogP contribution in [0.15, 0.2) is 0 Å². The van der Waals surface area contributed by atoms with E-state index in [1.54, 1.807) is 0 Å². The molecule has 0 radical (unpaired) electrons. The van der Waals surface area contributed by atoms with Gasteiger partial charge in [0.05, 0.1) is 0 Å². The maximum absolute atomic E-state index is 9.75. The standard InChI is InChI=1S/C2H2Cl3NO3/c3-2(4,5)9-8-1(6)7/h(H2,6,7). The number of nitrogens with two attached hydrogens (primary N) is 1. The molecule has 0 spiro atoms. The Balaban J connectivity index is 3.39. The van der Waals surface area contributed by atoms with Crippen molar-refractivity contribution in [1.29, 1.82) is 0 Å². The summed E-state index contributed by atoms with van der Waals surface area (Å²) < 4.78 is -2.07. The van der Waals surface area contributed by atoms with Gasteiger partial charge in [0.2, 0.25) is 0 Å². The summed E-state index contributed by atoms with van der Waals surface area (Å²) in [6.07, 6.45) is -1.18. The van der Waals surface area contributed by atoms with Gasteiger partial charge in [0.25, 0.3) is 0 Å². The molecule has 0 fully saturated rings. The van der Waals surface area contributed by atoms with E-state index in [9.17, 15) is 4.79 Å². The molecular weight excluding hydrogens is 192 g/mol. The van der Waals surface area contributed by atoms with E-state index < -0.39 is 10.1 Å². The van der Waals surface area contributed by atoms with Crippen LogP contribution in [-0.2, 0) is 9.78 Å². The van der Waals surface area contributed by atoms with Gasteiger partial charge < -0.3 is 5.73 Å². The lowest BCUT2D eigenvalue weighted by atomic mass is 11.3. The number of hydrogen-bond donors (Lipinski definition) is 1. The normalized spacial score (nSPS) is 11.0. The molecule has 0 bridgehead atoms. The average Bonchev–Trinajstić information content (AvgIpc) is 1.59. The van der Waals surface area contributed by atoms with Crippen LogP contribution in [0.5, 0.6) is 0 Å². The molecule has 7 heteroatoms. The molecule has 0 aromatic heterocycles. The van der Waals surface area contributed by atoms with E-state index in [1.165, 1.54) is 0 Å². The van der Waals surface area contributed by atoms with Crippen molar-refractivity contribution in [3.8, 4) is 0 Å². The fourth-order valence-corrected chi connectivity index (χ4v) is 0.183. The lowest BCUT2D eigenvalue weighted by Crippen LogP contribution is -2.18. The van der Waals surface area contributed by atoms with Crippen molar-refractivity contribution in [2.24, 2.45) is 5.73 Å². The Morgan fingerprint density at radius 2 is 1.89 bits per heavy atom. The second-order valence-corrected chi connectivity index (χ2v) is 3.11. The van der Waals surface area contributed by atoms with E-state index in [-0.39, 0.29) is 0 Å². The van der Waals surface area contributed by atoms with Crippen molar-refractivity contribution >= 4 is 40.9 Å². The first-order valence-corrected chi connectivity index (χ1v) is 2.77. The number of alkyl halides is 3.